The van der Waals surface area contributed by atoms with Crippen molar-refractivity contribution in [1.29, 1.82) is 0 Å². The molecule has 144 valence electrons. The Morgan fingerprint density at radius 2 is 1.68 bits per heavy atom. The maximum atomic E-state index is 4.99. The van der Waals surface area contributed by atoms with Crippen LogP contribution in [0, 0.1) is 6.92 Å². The highest BCUT2D eigenvalue weighted by molar-refractivity contribution is 5.23. The highest BCUT2D eigenvalue weighted by Gasteiger charge is 2.31. The van der Waals surface area contributed by atoms with Crippen LogP contribution in [-0.4, -0.2) is 31.9 Å². The summed E-state index contributed by atoms with van der Waals surface area (Å²) < 4.78 is 0. The van der Waals surface area contributed by atoms with E-state index in [-0.39, 0.29) is 0 Å². The van der Waals surface area contributed by atoms with Crippen LogP contribution < -0.4 is 0 Å². The van der Waals surface area contributed by atoms with E-state index in [9.17, 15) is 0 Å². The summed E-state index contributed by atoms with van der Waals surface area (Å²) in [5.74, 6) is 0.871. The minimum atomic E-state index is 0.327. The van der Waals surface area contributed by atoms with Gasteiger partial charge in [-0.25, -0.2) is 9.97 Å². The molecule has 0 bridgehead atoms. The molecule has 5 nitrogen and oxygen atoms in total. The highest BCUT2D eigenvalue weighted by Crippen LogP contribution is 2.39. The summed E-state index contributed by atoms with van der Waals surface area (Å²) in [4.78, 5) is 20.8. The first-order valence-corrected chi connectivity index (χ1v) is 10.1. The molecule has 4 heterocycles. The minimum absolute atomic E-state index is 0.327. The molecule has 3 aromatic rings. The number of piperidine rings is 1. The van der Waals surface area contributed by atoms with Crippen molar-refractivity contribution in [2.24, 2.45) is 0 Å². The molecule has 0 spiro atoms. The van der Waals surface area contributed by atoms with Crippen LogP contribution in [0.15, 0.2) is 55.0 Å². The SMILES string of the molecule is Cc1cccnc1[C@@H]1CCC[C@H](c2cccc(CCc3ncccn3)n2)N1C. The topological polar surface area (TPSA) is 54.8 Å². The summed E-state index contributed by atoms with van der Waals surface area (Å²) in [6, 6.07) is 13.1. The number of aryl methyl sites for hydroxylation is 3. The fraction of sp³-hybridized carbons (Fsp3) is 0.391. The number of nitrogens with zero attached hydrogens (tertiary/aromatic N) is 5. The zero-order valence-electron chi connectivity index (χ0n) is 16.6. The smallest absolute Gasteiger partial charge is 0.128 e. The lowest BCUT2D eigenvalue weighted by Crippen LogP contribution is -2.34. The molecule has 1 aliphatic rings. The van der Waals surface area contributed by atoms with Gasteiger partial charge >= 0.3 is 0 Å². The van der Waals surface area contributed by atoms with Gasteiger partial charge in [-0.2, -0.15) is 0 Å². The van der Waals surface area contributed by atoms with Crippen molar-refractivity contribution in [2.75, 3.05) is 7.05 Å². The van der Waals surface area contributed by atoms with E-state index in [0.29, 0.717) is 12.1 Å². The molecule has 5 heteroatoms. The summed E-state index contributed by atoms with van der Waals surface area (Å²) in [7, 11) is 2.22. The Bertz CT molecular complexity index is 912. The molecular weight excluding hydrogens is 346 g/mol. The first-order valence-electron chi connectivity index (χ1n) is 10.1. The summed E-state index contributed by atoms with van der Waals surface area (Å²) >= 11 is 0. The molecule has 0 aromatic carbocycles. The largest absolute Gasteiger partial charge is 0.289 e. The summed E-state index contributed by atoms with van der Waals surface area (Å²) in [6.45, 7) is 2.16. The molecule has 2 atom stereocenters. The normalized spacial score (nSPS) is 20.2. The zero-order valence-corrected chi connectivity index (χ0v) is 16.6. The minimum Gasteiger partial charge on any atom is -0.289 e. The standard InChI is InChI=1S/C23H27N5/c1-17-7-5-14-26-23(17)21-11-4-10-20(28(21)2)19-9-3-8-18(27-19)12-13-22-24-15-6-16-25-22/h3,5-9,14-16,20-21H,4,10-13H2,1-2H3/t20-,21+/m1/s1. The van der Waals surface area contributed by atoms with E-state index in [2.05, 4.69) is 58.1 Å². The van der Waals surface area contributed by atoms with Crippen LogP contribution in [0.25, 0.3) is 0 Å². The quantitative estimate of drug-likeness (QED) is 0.669. The fourth-order valence-electron chi connectivity index (χ4n) is 4.18. The monoisotopic (exact) mass is 373 g/mol. The van der Waals surface area contributed by atoms with Gasteiger partial charge in [-0.3, -0.25) is 14.9 Å². The summed E-state index contributed by atoms with van der Waals surface area (Å²) in [5.41, 5.74) is 4.73. The molecule has 1 fully saturated rings. The summed E-state index contributed by atoms with van der Waals surface area (Å²) in [6.07, 6.45) is 10.6. The third kappa shape index (κ3) is 4.09. The van der Waals surface area contributed by atoms with Crippen molar-refractivity contribution in [3.05, 3.63) is 83.5 Å². The van der Waals surface area contributed by atoms with Gasteiger partial charge in [0.05, 0.1) is 23.5 Å². The predicted molar refractivity (Wildman–Crippen MR) is 110 cm³/mol. The first-order chi connectivity index (χ1) is 13.7. The van der Waals surface area contributed by atoms with Gasteiger partial charge in [0.15, 0.2) is 0 Å². The second-order valence-electron chi connectivity index (χ2n) is 7.55. The third-order valence-electron chi connectivity index (χ3n) is 5.70. The zero-order chi connectivity index (χ0) is 19.3. The van der Waals surface area contributed by atoms with Gasteiger partial charge in [0.25, 0.3) is 0 Å². The number of aromatic nitrogens is 4. The molecule has 0 N–H and O–H groups in total. The van der Waals surface area contributed by atoms with Gasteiger partial charge in [0.2, 0.25) is 0 Å². The van der Waals surface area contributed by atoms with E-state index in [1.807, 2.05) is 18.3 Å². The number of pyridine rings is 2. The Morgan fingerprint density at radius 3 is 2.50 bits per heavy atom. The molecule has 0 unspecified atom stereocenters. The average Bonchev–Trinajstić information content (AvgIpc) is 2.74. The maximum absolute atomic E-state index is 4.99. The Hall–Kier alpha value is -2.66. The number of likely N-dealkylation sites (tertiary alicyclic amines) is 1. The fourth-order valence-corrected chi connectivity index (χ4v) is 4.18. The maximum Gasteiger partial charge on any atom is 0.128 e. The van der Waals surface area contributed by atoms with E-state index in [1.165, 1.54) is 17.7 Å². The molecule has 0 saturated carbocycles. The average molecular weight is 374 g/mol. The summed E-state index contributed by atoms with van der Waals surface area (Å²) in [5, 5.41) is 0. The van der Waals surface area contributed by atoms with Crippen LogP contribution in [0.5, 0.6) is 0 Å². The third-order valence-corrected chi connectivity index (χ3v) is 5.70. The van der Waals surface area contributed by atoms with Crippen molar-refractivity contribution in [3.63, 3.8) is 0 Å². The van der Waals surface area contributed by atoms with Gasteiger partial charge in [-0.05, 0) is 69.5 Å². The second-order valence-corrected chi connectivity index (χ2v) is 7.55. The van der Waals surface area contributed by atoms with Gasteiger partial charge in [-0.15, -0.1) is 0 Å². The first kappa shape index (κ1) is 18.7. The lowest BCUT2D eigenvalue weighted by molar-refractivity contribution is 0.109. The van der Waals surface area contributed by atoms with Gasteiger partial charge in [0.1, 0.15) is 5.82 Å². The van der Waals surface area contributed by atoms with Crippen LogP contribution in [0.4, 0.5) is 0 Å². The molecule has 1 aliphatic heterocycles. The van der Waals surface area contributed by atoms with Gasteiger partial charge in [-0.1, -0.05) is 12.1 Å². The molecule has 0 aliphatic carbocycles. The molecule has 3 aromatic heterocycles. The Morgan fingerprint density at radius 1 is 0.893 bits per heavy atom. The Labute approximate surface area is 166 Å². The van der Waals surface area contributed by atoms with Crippen molar-refractivity contribution in [3.8, 4) is 0 Å². The molecule has 1 saturated heterocycles. The number of hydrogen-bond acceptors (Lipinski definition) is 5. The van der Waals surface area contributed by atoms with Crippen molar-refractivity contribution >= 4 is 0 Å². The molecule has 0 radical (unpaired) electrons. The van der Waals surface area contributed by atoms with E-state index in [4.69, 9.17) is 4.98 Å². The number of rotatable bonds is 5. The molecule has 0 amide bonds. The molecular formula is C23H27N5. The molecule has 28 heavy (non-hydrogen) atoms. The van der Waals surface area contributed by atoms with E-state index in [0.717, 1.165) is 42.9 Å². The Kier molecular flexibility index (Phi) is 5.72. The van der Waals surface area contributed by atoms with Crippen molar-refractivity contribution < 1.29 is 0 Å². The number of hydrogen-bond donors (Lipinski definition) is 0. The Balaban J connectivity index is 1.51. The van der Waals surface area contributed by atoms with Crippen LogP contribution in [0.2, 0.25) is 0 Å². The van der Waals surface area contributed by atoms with Crippen molar-refractivity contribution in [2.45, 2.75) is 51.1 Å². The highest BCUT2D eigenvalue weighted by atomic mass is 15.2. The van der Waals surface area contributed by atoms with Crippen molar-refractivity contribution in [1.82, 2.24) is 24.8 Å². The van der Waals surface area contributed by atoms with E-state index < -0.39 is 0 Å². The lowest BCUT2D eigenvalue weighted by Gasteiger charge is -2.39. The lowest BCUT2D eigenvalue weighted by atomic mass is 9.90. The predicted octanol–water partition coefficient (Wildman–Crippen LogP) is 4.26. The van der Waals surface area contributed by atoms with Gasteiger partial charge in [0, 0.05) is 30.7 Å². The second kappa shape index (κ2) is 8.57. The van der Waals surface area contributed by atoms with E-state index >= 15 is 0 Å². The van der Waals surface area contributed by atoms with Gasteiger partial charge < -0.3 is 0 Å². The molecule has 4 rings (SSSR count). The van der Waals surface area contributed by atoms with Crippen LogP contribution in [-0.2, 0) is 12.8 Å². The van der Waals surface area contributed by atoms with E-state index in [1.54, 1.807) is 12.4 Å². The van der Waals surface area contributed by atoms with Crippen LogP contribution in [0.3, 0.4) is 0 Å². The van der Waals surface area contributed by atoms with Crippen LogP contribution >= 0.6 is 0 Å². The van der Waals surface area contributed by atoms with Crippen LogP contribution in [0.1, 0.15) is 59.8 Å².